The van der Waals surface area contributed by atoms with Crippen LogP contribution in [0.5, 0.6) is 5.75 Å². The molecular formula is C13H24N4O2. The van der Waals surface area contributed by atoms with Gasteiger partial charge < -0.3 is 20.1 Å². The zero-order chi connectivity index (χ0) is 14.5. The summed E-state index contributed by atoms with van der Waals surface area (Å²) in [4.78, 5) is 10.4. The van der Waals surface area contributed by atoms with E-state index in [0.717, 1.165) is 13.0 Å². The molecule has 0 aliphatic rings. The Kier molecular flexibility index (Phi) is 5.35. The molecule has 1 aromatic heterocycles. The number of methoxy groups -OCH3 is 1. The number of nitrogens with one attached hydrogen (secondary N) is 1. The lowest BCUT2D eigenvalue weighted by Gasteiger charge is -2.35. The van der Waals surface area contributed by atoms with Crippen LogP contribution in [-0.4, -0.2) is 47.9 Å². The maximum Gasteiger partial charge on any atom is 0.204 e. The van der Waals surface area contributed by atoms with Gasteiger partial charge in [-0.05, 0) is 20.3 Å². The number of hydrogen-bond acceptors (Lipinski definition) is 6. The minimum atomic E-state index is -0.427. The summed E-state index contributed by atoms with van der Waals surface area (Å²) in [6.45, 7) is 6.80. The highest BCUT2D eigenvalue weighted by molar-refractivity contribution is 5.65. The van der Waals surface area contributed by atoms with Crippen molar-refractivity contribution in [1.29, 1.82) is 0 Å². The van der Waals surface area contributed by atoms with Crippen molar-refractivity contribution < 1.29 is 9.84 Å². The van der Waals surface area contributed by atoms with Crippen LogP contribution in [0.2, 0.25) is 0 Å². The Hall–Kier alpha value is -1.56. The molecular weight excluding hydrogens is 244 g/mol. The number of nitrogens with zero attached hydrogens (tertiary/aromatic N) is 3. The van der Waals surface area contributed by atoms with Gasteiger partial charge in [0.15, 0.2) is 11.6 Å². The number of aliphatic hydroxyl groups is 1. The molecule has 1 rings (SSSR count). The van der Waals surface area contributed by atoms with Crippen LogP contribution in [0.1, 0.15) is 27.2 Å². The molecule has 0 amide bonds. The molecule has 0 radical (unpaired) electrons. The standard InChI is InChI=1S/C13H24N4O2/c1-6-7-14-11-10(19-5)12(16-9-15-11)17(4)13(2,3)8-18/h9,18H,6-8H2,1-5H3,(H,14,15,16). The largest absolute Gasteiger partial charge is 0.490 e. The van der Waals surface area contributed by atoms with E-state index in [4.69, 9.17) is 4.74 Å². The van der Waals surface area contributed by atoms with Crippen LogP contribution >= 0.6 is 0 Å². The highest BCUT2D eigenvalue weighted by Gasteiger charge is 2.27. The lowest BCUT2D eigenvalue weighted by Crippen LogP contribution is -2.45. The molecule has 0 unspecified atom stereocenters. The SMILES string of the molecule is CCCNc1ncnc(N(C)C(C)(C)CO)c1OC. The Morgan fingerprint density at radius 1 is 1.42 bits per heavy atom. The zero-order valence-corrected chi connectivity index (χ0v) is 12.4. The van der Waals surface area contributed by atoms with Gasteiger partial charge in [-0.2, -0.15) is 0 Å². The van der Waals surface area contributed by atoms with Crippen molar-refractivity contribution in [2.45, 2.75) is 32.7 Å². The van der Waals surface area contributed by atoms with Gasteiger partial charge in [-0.3, -0.25) is 0 Å². The van der Waals surface area contributed by atoms with Crippen LogP contribution < -0.4 is 15.0 Å². The van der Waals surface area contributed by atoms with Crippen molar-refractivity contribution in [2.24, 2.45) is 0 Å². The summed E-state index contributed by atoms with van der Waals surface area (Å²) in [5.74, 6) is 1.94. The van der Waals surface area contributed by atoms with Gasteiger partial charge in [-0.25, -0.2) is 9.97 Å². The van der Waals surface area contributed by atoms with Crippen LogP contribution in [0.4, 0.5) is 11.6 Å². The third-order valence-corrected chi connectivity index (χ3v) is 3.14. The molecule has 2 N–H and O–H groups in total. The molecule has 0 atom stereocenters. The number of likely N-dealkylation sites (N-methyl/N-ethyl adjacent to an activating group) is 1. The molecule has 0 saturated carbocycles. The maximum absolute atomic E-state index is 9.46. The highest BCUT2D eigenvalue weighted by Crippen LogP contribution is 2.34. The quantitative estimate of drug-likeness (QED) is 0.781. The van der Waals surface area contributed by atoms with E-state index in [-0.39, 0.29) is 6.61 Å². The summed E-state index contributed by atoms with van der Waals surface area (Å²) in [6, 6.07) is 0. The van der Waals surface area contributed by atoms with E-state index >= 15 is 0 Å². The van der Waals surface area contributed by atoms with Crippen LogP contribution in [0, 0.1) is 0 Å². The van der Waals surface area contributed by atoms with Crippen LogP contribution in [-0.2, 0) is 0 Å². The number of rotatable bonds is 7. The molecule has 0 aliphatic carbocycles. The third kappa shape index (κ3) is 3.47. The molecule has 0 aromatic carbocycles. The molecule has 0 bridgehead atoms. The summed E-state index contributed by atoms with van der Waals surface area (Å²) in [6.07, 6.45) is 2.50. The first-order valence-corrected chi connectivity index (χ1v) is 6.45. The van der Waals surface area contributed by atoms with Gasteiger partial charge >= 0.3 is 0 Å². The second-order valence-corrected chi connectivity index (χ2v) is 5.04. The second-order valence-electron chi connectivity index (χ2n) is 5.04. The Balaban J connectivity index is 3.13. The van der Waals surface area contributed by atoms with E-state index in [1.165, 1.54) is 6.33 Å². The number of aromatic nitrogens is 2. The summed E-state index contributed by atoms with van der Waals surface area (Å²) in [5, 5.41) is 12.7. The second kappa shape index (κ2) is 6.56. The molecule has 1 heterocycles. The first-order chi connectivity index (χ1) is 8.97. The van der Waals surface area contributed by atoms with E-state index in [9.17, 15) is 5.11 Å². The predicted octanol–water partition coefficient (Wildman–Crippen LogP) is 1.51. The van der Waals surface area contributed by atoms with Gasteiger partial charge in [0.25, 0.3) is 0 Å². The van der Waals surface area contributed by atoms with Gasteiger partial charge in [0.2, 0.25) is 5.75 Å². The molecule has 19 heavy (non-hydrogen) atoms. The fraction of sp³-hybridized carbons (Fsp3) is 0.692. The Morgan fingerprint density at radius 2 is 2.11 bits per heavy atom. The summed E-state index contributed by atoms with van der Waals surface area (Å²) in [7, 11) is 3.48. The van der Waals surface area contributed by atoms with Crippen molar-refractivity contribution in [3.05, 3.63) is 6.33 Å². The fourth-order valence-corrected chi connectivity index (χ4v) is 1.55. The molecule has 1 aromatic rings. The van der Waals surface area contributed by atoms with Crippen LogP contribution in [0.3, 0.4) is 0 Å². The Labute approximate surface area is 114 Å². The number of hydrogen-bond donors (Lipinski definition) is 2. The fourth-order valence-electron chi connectivity index (χ4n) is 1.55. The third-order valence-electron chi connectivity index (χ3n) is 3.14. The number of aliphatic hydroxyl groups excluding tert-OH is 1. The van der Waals surface area contributed by atoms with E-state index in [1.54, 1.807) is 7.11 Å². The highest BCUT2D eigenvalue weighted by atomic mass is 16.5. The lowest BCUT2D eigenvalue weighted by atomic mass is 10.1. The van der Waals surface area contributed by atoms with Gasteiger partial charge in [-0.1, -0.05) is 6.92 Å². The number of ether oxygens (including phenoxy) is 1. The lowest BCUT2D eigenvalue weighted by molar-refractivity contribution is 0.215. The van der Waals surface area contributed by atoms with Crippen molar-refractivity contribution in [3.63, 3.8) is 0 Å². The minimum absolute atomic E-state index is 0.0222. The van der Waals surface area contributed by atoms with Crippen molar-refractivity contribution in [3.8, 4) is 5.75 Å². The van der Waals surface area contributed by atoms with Gasteiger partial charge in [-0.15, -0.1) is 0 Å². The van der Waals surface area contributed by atoms with E-state index in [0.29, 0.717) is 17.4 Å². The topological polar surface area (TPSA) is 70.5 Å². The Bertz CT molecular complexity index is 410. The summed E-state index contributed by atoms with van der Waals surface area (Å²) < 4.78 is 5.42. The smallest absolute Gasteiger partial charge is 0.204 e. The van der Waals surface area contributed by atoms with E-state index in [2.05, 4.69) is 22.2 Å². The first-order valence-electron chi connectivity index (χ1n) is 6.45. The van der Waals surface area contributed by atoms with Crippen LogP contribution in [0.25, 0.3) is 0 Å². The van der Waals surface area contributed by atoms with Crippen molar-refractivity contribution in [2.75, 3.05) is 37.5 Å². The molecule has 6 heteroatoms. The van der Waals surface area contributed by atoms with Crippen molar-refractivity contribution >= 4 is 11.6 Å². The van der Waals surface area contributed by atoms with E-state index in [1.807, 2.05) is 25.8 Å². The van der Waals surface area contributed by atoms with Crippen LogP contribution in [0.15, 0.2) is 6.33 Å². The minimum Gasteiger partial charge on any atom is -0.490 e. The molecule has 0 saturated heterocycles. The van der Waals surface area contributed by atoms with Gasteiger partial charge in [0, 0.05) is 13.6 Å². The average molecular weight is 268 g/mol. The molecule has 0 spiro atoms. The molecule has 0 fully saturated rings. The predicted molar refractivity (Wildman–Crippen MR) is 76.9 cm³/mol. The first kappa shape index (κ1) is 15.5. The summed E-state index contributed by atoms with van der Waals surface area (Å²) in [5.41, 5.74) is -0.427. The molecule has 108 valence electrons. The normalized spacial score (nSPS) is 11.3. The summed E-state index contributed by atoms with van der Waals surface area (Å²) >= 11 is 0. The van der Waals surface area contributed by atoms with Gasteiger partial charge in [0.05, 0.1) is 19.3 Å². The van der Waals surface area contributed by atoms with E-state index < -0.39 is 5.54 Å². The monoisotopic (exact) mass is 268 g/mol. The Morgan fingerprint density at radius 3 is 2.63 bits per heavy atom. The van der Waals surface area contributed by atoms with Crippen molar-refractivity contribution in [1.82, 2.24) is 9.97 Å². The van der Waals surface area contributed by atoms with Gasteiger partial charge in [0.1, 0.15) is 6.33 Å². The maximum atomic E-state index is 9.46. The molecule has 6 nitrogen and oxygen atoms in total. The molecule has 0 aliphatic heterocycles. The zero-order valence-electron chi connectivity index (χ0n) is 12.4. The number of anilines is 2. The average Bonchev–Trinajstić information content (AvgIpc) is 2.43.